The molecule has 0 heterocycles. The summed E-state index contributed by atoms with van der Waals surface area (Å²) in [5.74, 6) is 0.366. The van der Waals surface area contributed by atoms with Crippen LogP contribution in [0.2, 0.25) is 4.82 Å². The van der Waals surface area contributed by atoms with Gasteiger partial charge in [0.05, 0.1) is 0 Å². The summed E-state index contributed by atoms with van der Waals surface area (Å²) in [4.78, 5) is 0.952. The van der Waals surface area contributed by atoms with E-state index >= 15 is 0 Å². The van der Waals surface area contributed by atoms with Crippen molar-refractivity contribution in [3.63, 3.8) is 0 Å². The van der Waals surface area contributed by atoms with Gasteiger partial charge in [0, 0.05) is 0 Å². The van der Waals surface area contributed by atoms with Gasteiger partial charge in [0.2, 0.25) is 0 Å². The zero-order valence-corrected chi connectivity index (χ0v) is 15.5. The maximum atomic E-state index is 12.1. The molecule has 0 unspecified atom stereocenters. The first-order valence-electron chi connectivity index (χ1n) is 7.71. The number of benzene rings is 2. The fourth-order valence-corrected chi connectivity index (χ4v) is 6.55. The average molecular weight is 395 g/mol. The maximum absolute atomic E-state index is 12.1. The molecule has 0 saturated heterocycles. The van der Waals surface area contributed by atoms with Crippen LogP contribution < -0.4 is 4.46 Å². The second-order valence-electron chi connectivity index (χ2n) is 5.94. The van der Waals surface area contributed by atoms with Gasteiger partial charge in [0.15, 0.2) is 0 Å². The van der Waals surface area contributed by atoms with Crippen molar-refractivity contribution in [3.8, 4) is 0 Å². The average Bonchev–Trinajstić information content (AvgIpc) is 2.51. The van der Waals surface area contributed by atoms with Crippen LogP contribution in [-0.4, -0.2) is 30.0 Å². The van der Waals surface area contributed by atoms with Crippen LogP contribution in [0.4, 0.5) is 0 Å². The summed E-state index contributed by atoms with van der Waals surface area (Å²) >= 11 is 0.480. The molecule has 1 aliphatic rings. The summed E-state index contributed by atoms with van der Waals surface area (Å²) < 4.78 is 30.9. The first kappa shape index (κ1) is 16.7. The number of rotatable bonds is 6. The predicted octanol–water partition coefficient (Wildman–Crippen LogP) is 2.93. The van der Waals surface area contributed by atoms with Crippen LogP contribution in [0.1, 0.15) is 18.4 Å². The summed E-state index contributed by atoms with van der Waals surface area (Å²) in [6.45, 7) is 2.23. The second kappa shape index (κ2) is 7.18. The van der Waals surface area contributed by atoms with Crippen LogP contribution in [0.5, 0.6) is 0 Å². The SMILES string of the molecule is Cc1ccc(S(=O)(=O)OCC2CC([Se]c3ccccc3)C2)cc1. The molecule has 1 saturated carbocycles. The van der Waals surface area contributed by atoms with E-state index < -0.39 is 10.1 Å². The zero-order chi connectivity index (χ0) is 16.3. The first-order valence-corrected chi connectivity index (χ1v) is 11.0. The van der Waals surface area contributed by atoms with Gasteiger partial charge >= 0.3 is 144 Å². The Morgan fingerprint density at radius 2 is 1.70 bits per heavy atom. The molecular formula is C18H20O3SSe. The molecule has 23 heavy (non-hydrogen) atoms. The molecule has 0 atom stereocenters. The standard InChI is InChI=1S/C18H20O3SSe/c1-14-7-9-16(10-8-14)22(19,20)21-13-15-11-18(12-15)23-17-5-3-2-4-6-17/h2-10,15,18H,11-13H2,1H3. The van der Waals surface area contributed by atoms with E-state index in [0.717, 1.165) is 18.4 Å². The first-order chi connectivity index (χ1) is 11.0. The Kier molecular flexibility index (Phi) is 5.22. The Labute approximate surface area is 144 Å². The number of hydrogen-bond donors (Lipinski definition) is 0. The van der Waals surface area contributed by atoms with Crippen molar-refractivity contribution < 1.29 is 12.6 Å². The van der Waals surface area contributed by atoms with Crippen molar-refractivity contribution >= 4 is 29.5 Å². The van der Waals surface area contributed by atoms with Gasteiger partial charge in [-0.05, 0) is 0 Å². The monoisotopic (exact) mass is 396 g/mol. The van der Waals surface area contributed by atoms with Crippen LogP contribution in [0.25, 0.3) is 0 Å². The van der Waals surface area contributed by atoms with E-state index in [0.29, 0.717) is 32.3 Å². The molecule has 0 N–H and O–H groups in total. The normalized spacial score (nSPS) is 20.9. The van der Waals surface area contributed by atoms with Crippen LogP contribution in [0.3, 0.4) is 0 Å². The molecule has 0 amide bonds. The van der Waals surface area contributed by atoms with Crippen molar-refractivity contribution in [1.29, 1.82) is 0 Å². The van der Waals surface area contributed by atoms with E-state index in [1.807, 2.05) is 13.0 Å². The quantitative estimate of drug-likeness (QED) is 0.558. The fourth-order valence-electron chi connectivity index (χ4n) is 2.56. The molecule has 122 valence electrons. The van der Waals surface area contributed by atoms with Crippen molar-refractivity contribution in [2.75, 3.05) is 6.61 Å². The fraction of sp³-hybridized carbons (Fsp3) is 0.333. The van der Waals surface area contributed by atoms with Gasteiger partial charge in [-0.25, -0.2) is 0 Å². The van der Waals surface area contributed by atoms with Crippen LogP contribution in [-0.2, 0) is 14.3 Å². The molecule has 1 aliphatic carbocycles. The number of aryl methyl sites for hydroxylation is 1. The third kappa shape index (κ3) is 4.45. The van der Waals surface area contributed by atoms with E-state index in [1.165, 1.54) is 4.46 Å². The van der Waals surface area contributed by atoms with Gasteiger partial charge in [-0.3, -0.25) is 0 Å². The molecule has 1 fully saturated rings. The Bertz CT molecular complexity index is 736. The topological polar surface area (TPSA) is 43.4 Å². The van der Waals surface area contributed by atoms with E-state index in [1.54, 1.807) is 24.3 Å². The molecule has 5 heteroatoms. The Balaban J connectivity index is 1.46. The molecule has 0 bridgehead atoms. The molecule has 2 aromatic carbocycles. The van der Waals surface area contributed by atoms with Crippen LogP contribution >= 0.6 is 0 Å². The molecule has 0 spiro atoms. The van der Waals surface area contributed by atoms with Gasteiger partial charge in [0.25, 0.3) is 0 Å². The third-order valence-corrected chi connectivity index (χ3v) is 7.95. The summed E-state index contributed by atoms with van der Waals surface area (Å²) in [5.41, 5.74) is 1.04. The van der Waals surface area contributed by atoms with Crippen molar-refractivity contribution in [2.45, 2.75) is 29.5 Å². The predicted molar refractivity (Wildman–Crippen MR) is 92.6 cm³/mol. The van der Waals surface area contributed by atoms with E-state index in [4.69, 9.17) is 4.18 Å². The van der Waals surface area contributed by atoms with Gasteiger partial charge < -0.3 is 0 Å². The molecule has 2 aromatic rings. The number of hydrogen-bond acceptors (Lipinski definition) is 3. The van der Waals surface area contributed by atoms with Gasteiger partial charge in [-0.1, -0.05) is 0 Å². The minimum atomic E-state index is -3.62. The molecular weight excluding hydrogens is 375 g/mol. The van der Waals surface area contributed by atoms with E-state index in [-0.39, 0.29) is 4.90 Å². The van der Waals surface area contributed by atoms with E-state index in [2.05, 4.69) is 24.3 Å². The summed E-state index contributed by atoms with van der Waals surface area (Å²) in [6.07, 6.45) is 2.14. The molecule has 0 aliphatic heterocycles. The van der Waals surface area contributed by atoms with Gasteiger partial charge in [0.1, 0.15) is 0 Å². The molecule has 3 nitrogen and oxygen atoms in total. The Hall–Kier alpha value is -1.13. The van der Waals surface area contributed by atoms with Gasteiger partial charge in [-0.15, -0.1) is 0 Å². The molecule has 0 radical (unpaired) electrons. The van der Waals surface area contributed by atoms with Crippen LogP contribution in [0, 0.1) is 12.8 Å². The van der Waals surface area contributed by atoms with Gasteiger partial charge in [-0.2, -0.15) is 0 Å². The van der Waals surface area contributed by atoms with Crippen molar-refractivity contribution in [2.24, 2.45) is 5.92 Å². The second-order valence-corrected chi connectivity index (χ2v) is 10.4. The van der Waals surface area contributed by atoms with Crippen molar-refractivity contribution in [3.05, 3.63) is 60.2 Å². The summed E-state index contributed by atoms with van der Waals surface area (Å²) in [6, 6.07) is 17.3. The summed E-state index contributed by atoms with van der Waals surface area (Å²) in [5, 5.41) is 0. The minimum absolute atomic E-state index is 0.243. The Morgan fingerprint density at radius 1 is 1.04 bits per heavy atom. The van der Waals surface area contributed by atoms with E-state index in [9.17, 15) is 8.42 Å². The Morgan fingerprint density at radius 3 is 2.35 bits per heavy atom. The summed E-state index contributed by atoms with van der Waals surface area (Å²) in [7, 11) is -3.62. The molecule has 3 rings (SSSR count). The third-order valence-electron chi connectivity index (χ3n) is 4.01. The van der Waals surface area contributed by atoms with Crippen molar-refractivity contribution in [1.82, 2.24) is 0 Å². The zero-order valence-electron chi connectivity index (χ0n) is 13.0. The molecule has 0 aromatic heterocycles. The van der Waals surface area contributed by atoms with Crippen LogP contribution in [0.15, 0.2) is 59.5 Å².